The van der Waals surface area contributed by atoms with Crippen LogP contribution in [0, 0.1) is 11.3 Å². The van der Waals surface area contributed by atoms with Gasteiger partial charge < -0.3 is 10.4 Å². The molecule has 0 aliphatic rings. The first-order chi connectivity index (χ1) is 8.63. The standard InChI is InChI=1S/C13H16N2O2S/c1-10(16)11-4-2-5-12(8-11)18-9-13(17)15-7-3-6-14/h2,4-5,8,10,16H,3,7,9H2,1H3,(H,15,17). The fourth-order valence-electron chi connectivity index (χ4n) is 1.32. The van der Waals surface area contributed by atoms with E-state index in [0.29, 0.717) is 18.7 Å². The molecule has 0 bridgehead atoms. The van der Waals surface area contributed by atoms with Crippen LogP contribution < -0.4 is 5.32 Å². The van der Waals surface area contributed by atoms with E-state index in [-0.39, 0.29) is 5.91 Å². The van der Waals surface area contributed by atoms with Gasteiger partial charge in [0.2, 0.25) is 5.91 Å². The number of hydrogen-bond acceptors (Lipinski definition) is 4. The maximum Gasteiger partial charge on any atom is 0.230 e. The van der Waals surface area contributed by atoms with Gasteiger partial charge in [-0.25, -0.2) is 0 Å². The molecule has 0 aliphatic heterocycles. The van der Waals surface area contributed by atoms with E-state index in [9.17, 15) is 9.90 Å². The summed E-state index contributed by atoms with van der Waals surface area (Å²) < 4.78 is 0. The quantitative estimate of drug-likeness (QED) is 0.607. The van der Waals surface area contributed by atoms with Crippen molar-refractivity contribution in [3.8, 4) is 6.07 Å². The fraction of sp³-hybridized carbons (Fsp3) is 0.385. The minimum atomic E-state index is -0.505. The van der Waals surface area contributed by atoms with Gasteiger partial charge in [-0.3, -0.25) is 4.79 Å². The summed E-state index contributed by atoms with van der Waals surface area (Å²) in [6.45, 7) is 2.10. The molecule has 1 unspecified atom stereocenters. The van der Waals surface area contributed by atoms with Crippen LogP contribution in [0.3, 0.4) is 0 Å². The number of carbonyl (C=O) groups is 1. The van der Waals surface area contributed by atoms with E-state index in [1.165, 1.54) is 11.8 Å². The lowest BCUT2D eigenvalue weighted by Crippen LogP contribution is -2.25. The average molecular weight is 264 g/mol. The van der Waals surface area contributed by atoms with Crippen molar-refractivity contribution in [1.82, 2.24) is 5.32 Å². The van der Waals surface area contributed by atoms with Crippen molar-refractivity contribution in [2.75, 3.05) is 12.3 Å². The Labute approximate surface area is 111 Å². The number of carbonyl (C=O) groups excluding carboxylic acids is 1. The van der Waals surface area contributed by atoms with Crippen LogP contribution in [0.15, 0.2) is 29.2 Å². The number of rotatable bonds is 6. The molecule has 0 saturated carbocycles. The second kappa shape index (κ2) is 7.75. The van der Waals surface area contributed by atoms with Crippen LogP contribution in [0.2, 0.25) is 0 Å². The van der Waals surface area contributed by atoms with Crippen molar-refractivity contribution in [2.24, 2.45) is 0 Å². The number of nitrogens with one attached hydrogen (secondary N) is 1. The van der Waals surface area contributed by atoms with Gasteiger partial charge >= 0.3 is 0 Å². The van der Waals surface area contributed by atoms with Gasteiger partial charge in [0.25, 0.3) is 0 Å². The van der Waals surface area contributed by atoms with Crippen LogP contribution in [-0.4, -0.2) is 23.3 Å². The van der Waals surface area contributed by atoms with E-state index >= 15 is 0 Å². The van der Waals surface area contributed by atoms with Crippen LogP contribution in [0.5, 0.6) is 0 Å². The van der Waals surface area contributed by atoms with E-state index in [4.69, 9.17) is 5.26 Å². The highest BCUT2D eigenvalue weighted by Crippen LogP contribution is 2.21. The number of benzene rings is 1. The van der Waals surface area contributed by atoms with Crippen molar-refractivity contribution in [1.29, 1.82) is 5.26 Å². The van der Waals surface area contributed by atoms with Gasteiger partial charge in [-0.15, -0.1) is 11.8 Å². The molecule has 5 heteroatoms. The van der Waals surface area contributed by atoms with Crippen LogP contribution >= 0.6 is 11.8 Å². The number of hydrogen-bond donors (Lipinski definition) is 2. The third-order valence-corrected chi connectivity index (χ3v) is 3.26. The van der Waals surface area contributed by atoms with E-state index in [1.807, 2.05) is 30.3 Å². The number of nitrogens with zero attached hydrogens (tertiary/aromatic N) is 1. The Morgan fingerprint density at radius 3 is 3.06 bits per heavy atom. The molecular weight excluding hydrogens is 248 g/mol. The number of aliphatic hydroxyl groups is 1. The number of nitriles is 1. The SMILES string of the molecule is CC(O)c1cccc(SCC(=O)NCCC#N)c1. The molecule has 0 saturated heterocycles. The maximum atomic E-state index is 11.4. The van der Waals surface area contributed by atoms with E-state index in [0.717, 1.165) is 10.5 Å². The highest BCUT2D eigenvalue weighted by molar-refractivity contribution is 8.00. The zero-order valence-electron chi connectivity index (χ0n) is 10.2. The predicted molar refractivity (Wildman–Crippen MR) is 71.0 cm³/mol. The molecule has 0 aliphatic carbocycles. The topological polar surface area (TPSA) is 73.1 Å². The predicted octanol–water partition coefficient (Wildman–Crippen LogP) is 1.86. The Hall–Kier alpha value is -1.51. The zero-order chi connectivity index (χ0) is 13.4. The molecule has 0 spiro atoms. The average Bonchev–Trinajstić information content (AvgIpc) is 2.37. The van der Waals surface area contributed by atoms with Gasteiger partial charge in [-0.05, 0) is 24.6 Å². The van der Waals surface area contributed by atoms with Crippen LogP contribution in [-0.2, 0) is 4.79 Å². The minimum absolute atomic E-state index is 0.0855. The second-order valence-electron chi connectivity index (χ2n) is 3.80. The Kier molecular flexibility index (Phi) is 6.26. The summed E-state index contributed by atoms with van der Waals surface area (Å²) in [5.41, 5.74) is 0.838. The number of aliphatic hydroxyl groups excluding tert-OH is 1. The first kappa shape index (κ1) is 14.6. The second-order valence-corrected chi connectivity index (χ2v) is 4.84. The van der Waals surface area contributed by atoms with Crippen LogP contribution in [0.25, 0.3) is 0 Å². The van der Waals surface area contributed by atoms with Gasteiger partial charge in [0.15, 0.2) is 0 Å². The summed E-state index contributed by atoms with van der Waals surface area (Å²) in [5, 5.41) is 20.4. The summed E-state index contributed by atoms with van der Waals surface area (Å²) in [5.74, 6) is 0.229. The Morgan fingerprint density at radius 1 is 1.61 bits per heavy atom. The number of amides is 1. The molecule has 96 valence electrons. The lowest BCUT2D eigenvalue weighted by molar-refractivity contribution is -0.118. The minimum Gasteiger partial charge on any atom is -0.389 e. The smallest absolute Gasteiger partial charge is 0.230 e. The van der Waals surface area contributed by atoms with Crippen molar-refractivity contribution >= 4 is 17.7 Å². The van der Waals surface area contributed by atoms with E-state index < -0.39 is 6.10 Å². The molecule has 0 heterocycles. The normalized spacial score (nSPS) is 11.6. The third-order valence-electron chi connectivity index (χ3n) is 2.27. The molecule has 1 atom stereocenters. The van der Waals surface area contributed by atoms with Crippen molar-refractivity contribution in [3.63, 3.8) is 0 Å². The monoisotopic (exact) mass is 264 g/mol. The molecule has 2 N–H and O–H groups in total. The Morgan fingerprint density at radius 2 is 2.39 bits per heavy atom. The summed E-state index contributed by atoms with van der Waals surface area (Å²) in [7, 11) is 0. The molecule has 0 fully saturated rings. The van der Waals surface area contributed by atoms with Gasteiger partial charge in [0.1, 0.15) is 0 Å². The van der Waals surface area contributed by atoms with Crippen molar-refractivity contribution in [2.45, 2.75) is 24.3 Å². The zero-order valence-corrected chi connectivity index (χ0v) is 11.0. The van der Waals surface area contributed by atoms with Gasteiger partial charge in [0, 0.05) is 11.4 Å². The molecule has 4 nitrogen and oxygen atoms in total. The summed E-state index contributed by atoms with van der Waals surface area (Å²) >= 11 is 1.41. The summed E-state index contributed by atoms with van der Waals surface area (Å²) in [4.78, 5) is 12.4. The highest BCUT2D eigenvalue weighted by atomic mass is 32.2. The largest absolute Gasteiger partial charge is 0.389 e. The molecule has 1 aromatic carbocycles. The highest BCUT2D eigenvalue weighted by Gasteiger charge is 2.05. The molecule has 1 aromatic rings. The molecule has 0 radical (unpaired) electrons. The molecular formula is C13H16N2O2S. The van der Waals surface area contributed by atoms with Crippen molar-refractivity contribution < 1.29 is 9.90 Å². The third kappa shape index (κ3) is 5.21. The Balaban J connectivity index is 2.41. The lowest BCUT2D eigenvalue weighted by atomic mass is 10.1. The number of thioether (sulfide) groups is 1. The van der Waals surface area contributed by atoms with Gasteiger partial charge in [-0.1, -0.05) is 12.1 Å². The molecule has 1 rings (SSSR count). The van der Waals surface area contributed by atoms with E-state index in [1.54, 1.807) is 6.92 Å². The van der Waals surface area contributed by atoms with Crippen molar-refractivity contribution in [3.05, 3.63) is 29.8 Å². The molecule has 18 heavy (non-hydrogen) atoms. The van der Waals surface area contributed by atoms with Crippen LogP contribution in [0.1, 0.15) is 25.0 Å². The lowest BCUT2D eigenvalue weighted by Gasteiger charge is -2.07. The van der Waals surface area contributed by atoms with E-state index in [2.05, 4.69) is 5.32 Å². The molecule has 1 amide bonds. The summed E-state index contributed by atoms with van der Waals surface area (Å²) in [6.07, 6.45) is -0.177. The molecule has 0 aromatic heterocycles. The Bertz CT molecular complexity index is 441. The summed E-state index contributed by atoms with van der Waals surface area (Å²) in [6, 6.07) is 9.45. The maximum absolute atomic E-state index is 11.4. The van der Waals surface area contributed by atoms with Crippen LogP contribution in [0.4, 0.5) is 0 Å². The first-order valence-corrected chi connectivity index (χ1v) is 6.66. The first-order valence-electron chi connectivity index (χ1n) is 5.68. The van der Waals surface area contributed by atoms with Gasteiger partial charge in [0.05, 0.1) is 24.3 Å². The van der Waals surface area contributed by atoms with Gasteiger partial charge in [-0.2, -0.15) is 5.26 Å². The fourth-order valence-corrected chi connectivity index (χ4v) is 2.12.